The first kappa shape index (κ1) is 20.0. The zero-order chi connectivity index (χ0) is 18.9. The molecule has 0 atom stereocenters. The van der Waals surface area contributed by atoms with E-state index in [0.717, 1.165) is 4.47 Å². The van der Waals surface area contributed by atoms with Crippen molar-refractivity contribution >= 4 is 38.9 Å². The fraction of sp³-hybridized carbons (Fsp3) is 0.375. The van der Waals surface area contributed by atoms with Crippen molar-refractivity contribution in [1.82, 2.24) is 9.97 Å². The van der Waals surface area contributed by atoms with Crippen molar-refractivity contribution in [3.8, 4) is 0 Å². The predicted octanol–water partition coefficient (Wildman–Crippen LogP) is 2.99. The van der Waals surface area contributed by atoms with E-state index < -0.39 is 4.92 Å². The van der Waals surface area contributed by atoms with Gasteiger partial charge in [-0.25, -0.2) is 9.97 Å². The Morgan fingerprint density at radius 1 is 1.23 bits per heavy atom. The van der Waals surface area contributed by atoms with Gasteiger partial charge in [-0.2, -0.15) is 0 Å². The summed E-state index contributed by atoms with van der Waals surface area (Å²) in [5.41, 5.74) is 0.479. The third kappa shape index (κ3) is 5.35. The second kappa shape index (κ2) is 10.00. The number of methoxy groups -OCH3 is 2. The molecule has 2 rings (SSSR count). The first-order chi connectivity index (χ1) is 12.6. The van der Waals surface area contributed by atoms with Crippen LogP contribution in [0.25, 0.3) is 0 Å². The average molecular weight is 426 g/mol. The fourth-order valence-corrected chi connectivity index (χ4v) is 2.69. The van der Waals surface area contributed by atoms with Gasteiger partial charge in [-0.1, -0.05) is 22.0 Å². The van der Waals surface area contributed by atoms with Crippen molar-refractivity contribution in [2.75, 3.05) is 50.7 Å². The predicted molar refractivity (Wildman–Crippen MR) is 102 cm³/mol. The van der Waals surface area contributed by atoms with Crippen molar-refractivity contribution in [3.05, 3.63) is 45.2 Å². The van der Waals surface area contributed by atoms with Crippen molar-refractivity contribution < 1.29 is 14.4 Å². The minimum atomic E-state index is -0.484. The Kier molecular flexibility index (Phi) is 7.70. The van der Waals surface area contributed by atoms with Gasteiger partial charge < -0.3 is 19.7 Å². The van der Waals surface area contributed by atoms with Crippen molar-refractivity contribution in [3.63, 3.8) is 0 Å². The van der Waals surface area contributed by atoms with Crippen LogP contribution in [0.4, 0.5) is 23.0 Å². The molecule has 1 aromatic heterocycles. The van der Waals surface area contributed by atoms with Gasteiger partial charge in [0.05, 0.1) is 18.1 Å². The lowest BCUT2D eigenvalue weighted by atomic mass is 10.3. The summed E-state index contributed by atoms with van der Waals surface area (Å²) in [6, 6.07) is 7.29. The van der Waals surface area contributed by atoms with Crippen LogP contribution in [-0.2, 0) is 9.47 Å². The zero-order valence-electron chi connectivity index (χ0n) is 14.5. The molecule has 0 unspecified atom stereocenters. The second-order valence-corrected chi connectivity index (χ2v) is 6.18. The lowest BCUT2D eigenvalue weighted by Crippen LogP contribution is -2.32. The van der Waals surface area contributed by atoms with Crippen LogP contribution in [0, 0.1) is 10.1 Å². The van der Waals surface area contributed by atoms with Gasteiger partial charge in [-0.3, -0.25) is 10.1 Å². The molecular weight excluding hydrogens is 406 g/mol. The summed E-state index contributed by atoms with van der Waals surface area (Å²) in [4.78, 5) is 21.2. The standard InChI is InChI=1S/C16H20BrN5O4/c1-25-8-6-21(7-9-26-2)16-14(22(23)24)15(18-11-19-16)20-13-5-3-4-12(17)10-13/h3-5,10-11H,6-9H2,1-2H3,(H,18,19,20). The SMILES string of the molecule is COCCN(CCOC)c1ncnc(Nc2cccc(Br)c2)c1[N+](=O)[O-]. The van der Waals surface area contributed by atoms with Crippen LogP contribution in [0.15, 0.2) is 35.1 Å². The molecule has 0 radical (unpaired) electrons. The first-order valence-corrected chi connectivity index (χ1v) is 8.61. The number of hydrogen-bond donors (Lipinski definition) is 1. The summed E-state index contributed by atoms with van der Waals surface area (Å²) in [6.45, 7) is 1.68. The van der Waals surface area contributed by atoms with Gasteiger partial charge in [0, 0.05) is 37.5 Å². The molecular formula is C16H20BrN5O4. The van der Waals surface area contributed by atoms with Crippen molar-refractivity contribution in [1.29, 1.82) is 0 Å². The molecule has 1 heterocycles. The topological polar surface area (TPSA) is 103 Å². The van der Waals surface area contributed by atoms with Gasteiger partial charge in [0.1, 0.15) is 6.33 Å². The van der Waals surface area contributed by atoms with Crippen molar-refractivity contribution in [2.24, 2.45) is 0 Å². The smallest absolute Gasteiger partial charge is 0.353 e. The Morgan fingerprint density at radius 3 is 2.50 bits per heavy atom. The van der Waals surface area contributed by atoms with E-state index in [1.165, 1.54) is 6.33 Å². The highest BCUT2D eigenvalue weighted by Gasteiger charge is 2.27. The maximum absolute atomic E-state index is 11.7. The summed E-state index contributed by atoms with van der Waals surface area (Å²) >= 11 is 3.37. The quantitative estimate of drug-likeness (QED) is 0.457. The largest absolute Gasteiger partial charge is 0.383 e. The highest BCUT2D eigenvalue weighted by molar-refractivity contribution is 9.10. The molecule has 140 valence electrons. The van der Waals surface area contributed by atoms with Gasteiger partial charge in [-0.15, -0.1) is 0 Å². The van der Waals surface area contributed by atoms with Crippen LogP contribution >= 0.6 is 15.9 Å². The first-order valence-electron chi connectivity index (χ1n) is 7.81. The number of nitro groups is 1. The van der Waals surface area contributed by atoms with Gasteiger partial charge in [0.25, 0.3) is 0 Å². The Morgan fingerprint density at radius 2 is 1.92 bits per heavy atom. The molecule has 0 saturated heterocycles. The summed E-state index contributed by atoms with van der Waals surface area (Å²) < 4.78 is 11.0. The molecule has 0 aliphatic rings. The molecule has 10 heteroatoms. The second-order valence-electron chi connectivity index (χ2n) is 5.26. The number of benzene rings is 1. The summed E-state index contributed by atoms with van der Waals surface area (Å²) in [7, 11) is 3.15. The Hall–Kier alpha value is -2.30. The normalized spacial score (nSPS) is 10.6. The van der Waals surface area contributed by atoms with E-state index in [2.05, 4.69) is 31.2 Å². The van der Waals surface area contributed by atoms with Gasteiger partial charge in [-0.05, 0) is 18.2 Å². The molecule has 1 aromatic carbocycles. The average Bonchev–Trinajstić information content (AvgIpc) is 2.61. The monoisotopic (exact) mass is 425 g/mol. The maximum Gasteiger partial charge on any atom is 0.353 e. The van der Waals surface area contributed by atoms with E-state index in [-0.39, 0.29) is 17.3 Å². The van der Waals surface area contributed by atoms with E-state index >= 15 is 0 Å². The van der Waals surface area contributed by atoms with Crippen LogP contribution in [0.2, 0.25) is 0 Å². The molecule has 0 aliphatic carbocycles. The highest BCUT2D eigenvalue weighted by atomic mass is 79.9. The number of anilines is 3. The summed E-state index contributed by atoms with van der Waals surface area (Å²) in [6.07, 6.45) is 1.30. The van der Waals surface area contributed by atoms with Crippen molar-refractivity contribution in [2.45, 2.75) is 0 Å². The number of nitrogens with zero attached hydrogens (tertiary/aromatic N) is 4. The van der Waals surface area contributed by atoms with Gasteiger partial charge in [0.2, 0.25) is 11.6 Å². The number of nitrogens with one attached hydrogen (secondary N) is 1. The molecule has 0 aliphatic heterocycles. The summed E-state index contributed by atoms with van der Waals surface area (Å²) in [5, 5.41) is 14.7. The molecule has 1 N–H and O–H groups in total. The molecule has 2 aromatic rings. The van der Waals surface area contributed by atoms with E-state index in [9.17, 15) is 10.1 Å². The van der Waals surface area contributed by atoms with E-state index in [1.807, 2.05) is 12.1 Å². The summed E-state index contributed by atoms with van der Waals surface area (Å²) in [5.74, 6) is 0.342. The molecule has 26 heavy (non-hydrogen) atoms. The Balaban J connectivity index is 2.40. The van der Waals surface area contributed by atoms with Crippen LogP contribution < -0.4 is 10.2 Å². The van der Waals surface area contributed by atoms with E-state index in [4.69, 9.17) is 9.47 Å². The van der Waals surface area contributed by atoms with Crippen LogP contribution in [0.5, 0.6) is 0 Å². The lowest BCUT2D eigenvalue weighted by Gasteiger charge is -2.23. The number of halogens is 1. The number of ether oxygens (including phenoxy) is 2. The lowest BCUT2D eigenvalue weighted by molar-refractivity contribution is -0.383. The molecule has 9 nitrogen and oxygen atoms in total. The fourth-order valence-electron chi connectivity index (χ4n) is 2.29. The number of hydrogen-bond acceptors (Lipinski definition) is 8. The third-order valence-electron chi connectivity index (χ3n) is 3.50. The minimum absolute atomic E-state index is 0.123. The Bertz CT molecular complexity index is 738. The van der Waals surface area contributed by atoms with Gasteiger partial charge >= 0.3 is 5.69 Å². The molecule has 0 fully saturated rings. The molecule has 0 amide bonds. The molecule has 0 spiro atoms. The Labute approximate surface area is 159 Å². The molecule has 0 bridgehead atoms. The zero-order valence-corrected chi connectivity index (χ0v) is 16.1. The third-order valence-corrected chi connectivity index (χ3v) is 4.00. The number of rotatable bonds is 10. The highest BCUT2D eigenvalue weighted by Crippen LogP contribution is 2.33. The van der Waals surface area contributed by atoms with E-state index in [1.54, 1.807) is 31.3 Å². The van der Waals surface area contributed by atoms with Crippen LogP contribution in [0.3, 0.4) is 0 Å². The van der Waals surface area contributed by atoms with Crippen LogP contribution in [-0.4, -0.2) is 55.4 Å². The van der Waals surface area contributed by atoms with Gasteiger partial charge in [0.15, 0.2) is 0 Å². The molecule has 0 saturated carbocycles. The minimum Gasteiger partial charge on any atom is -0.383 e. The van der Waals surface area contributed by atoms with Crippen LogP contribution in [0.1, 0.15) is 0 Å². The number of aromatic nitrogens is 2. The van der Waals surface area contributed by atoms with E-state index in [0.29, 0.717) is 32.0 Å². The maximum atomic E-state index is 11.7.